The lowest BCUT2D eigenvalue weighted by Gasteiger charge is -2.26. The average Bonchev–Trinajstić information content (AvgIpc) is 2.78. The van der Waals surface area contributed by atoms with Gasteiger partial charge >= 0.3 is 0 Å². The number of ether oxygens (including phenoxy) is 1. The number of halogens is 1. The molecular formula is C13H21BrN4O2. The van der Waals surface area contributed by atoms with E-state index < -0.39 is 0 Å². The highest BCUT2D eigenvalue weighted by atomic mass is 79.9. The molecule has 20 heavy (non-hydrogen) atoms. The normalized spacial score (nSPS) is 16.3. The van der Waals surface area contributed by atoms with Gasteiger partial charge in [0, 0.05) is 44.8 Å². The maximum atomic E-state index is 11.8. The fourth-order valence-electron chi connectivity index (χ4n) is 2.12. The average molecular weight is 345 g/mol. The molecule has 1 aromatic heterocycles. The molecule has 0 radical (unpaired) electrons. The minimum absolute atomic E-state index is 0.0734. The first-order valence-electron chi connectivity index (χ1n) is 6.91. The van der Waals surface area contributed by atoms with E-state index in [0.29, 0.717) is 19.5 Å². The zero-order chi connectivity index (χ0) is 14.4. The molecule has 1 saturated heterocycles. The first kappa shape index (κ1) is 15.5. The molecule has 0 bridgehead atoms. The van der Waals surface area contributed by atoms with Crippen LogP contribution in [0.3, 0.4) is 0 Å². The number of aryl methyl sites for hydroxylation is 1. The van der Waals surface area contributed by atoms with E-state index in [-0.39, 0.29) is 5.91 Å². The van der Waals surface area contributed by atoms with Crippen LogP contribution in [0.25, 0.3) is 0 Å². The fourth-order valence-corrected chi connectivity index (χ4v) is 2.42. The number of aromatic nitrogens is 2. The standard InChI is InChI=1S/C13H21BrN4O2/c1-11-12(14)10-16-18(11)4-2-13(19)15-3-5-17-6-8-20-9-7-17/h10H,2-9H2,1H3,(H,15,19). The van der Waals surface area contributed by atoms with Crippen LogP contribution in [0.1, 0.15) is 12.1 Å². The highest BCUT2D eigenvalue weighted by Crippen LogP contribution is 2.14. The highest BCUT2D eigenvalue weighted by Gasteiger charge is 2.10. The Morgan fingerprint density at radius 2 is 2.20 bits per heavy atom. The Labute approximate surface area is 127 Å². The van der Waals surface area contributed by atoms with Gasteiger partial charge in [-0.05, 0) is 22.9 Å². The van der Waals surface area contributed by atoms with E-state index >= 15 is 0 Å². The number of carbonyl (C=O) groups is 1. The summed E-state index contributed by atoms with van der Waals surface area (Å²) < 4.78 is 8.10. The third kappa shape index (κ3) is 4.57. The molecule has 1 aromatic rings. The third-order valence-corrected chi connectivity index (χ3v) is 4.23. The van der Waals surface area contributed by atoms with Gasteiger partial charge in [-0.3, -0.25) is 14.4 Å². The van der Waals surface area contributed by atoms with Crippen LogP contribution in [0, 0.1) is 6.92 Å². The Balaban J connectivity index is 1.61. The van der Waals surface area contributed by atoms with Gasteiger partial charge in [-0.15, -0.1) is 0 Å². The van der Waals surface area contributed by atoms with Crippen LogP contribution in [0.5, 0.6) is 0 Å². The van der Waals surface area contributed by atoms with Gasteiger partial charge in [-0.1, -0.05) is 0 Å². The molecule has 2 rings (SSSR count). The molecule has 1 aliphatic heterocycles. The van der Waals surface area contributed by atoms with Gasteiger partial charge in [0.15, 0.2) is 0 Å². The zero-order valence-electron chi connectivity index (χ0n) is 11.8. The summed E-state index contributed by atoms with van der Waals surface area (Å²) >= 11 is 3.41. The van der Waals surface area contributed by atoms with Crippen molar-refractivity contribution in [2.45, 2.75) is 19.9 Å². The van der Waals surface area contributed by atoms with Gasteiger partial charge in [0.1, 0.15) is 0 Å². The number of rotatable bonds is 6. The van der Waals surface area contributed by atoms with Crippen LogP contribution in [0.15, 0.2) is 10.7 Å². The summed E-state index contributed by atoms with van der Waals surface area (Å²) in [5, 5.41) is 7.16. The van der Waals surface area contributed by atoms with E-state index in [0.717, 1.165) is 43.0 Å². The number of morpholine rings is 1. The Kier molecular flexibility index (Phi) is 6.00. The molecule has 1 aliphatic rings. The molecule has 0 unspecified atom stereocenters. The van der Waals surface area contributed by atoms with Gasteiger partial charge in [0.2, 0.25) is 5.91 Å². The van der Waals surface area contributed by atoms with E-state index in [2.05, 4.69) is 31.2 Å². The molecule has 0 spiro atoms. The maximum absolute atomic E-state index is 11.8. The van der Waals surface area contributed by atoms with Crippen LogP contribution in [0.4, 0.5) is 0 Å². The van der Waals surface area contributed by atoms with Crippen molar-refractivity contribution in [2.75, 3.05) is 39.4 Å². The number of nitrogens with one attached hydrogen (secondary N) is 1. The topological polar surface area (TPSA) is 59.4 Å². The summed E-state index contributed by atoms with van der Waals surface area (Å²) in [5.41, 5.74) is 1.05. The molecule has 0 aliphatic carbocycles. The van der Waals surface area contributed by atoms with Crippen LogP contribution < -0.4 is 5.32 Å². The maximum Gasteiger partial charge on any atom is 0.221 e. The SMILES string of the molecule is Cc1c(Br)cnn1CCC(=O)NCCN1CCOCC1. The van der Waals surface area contributed by atoms with E-state index in [1.54, 1.807) is 6.20 Å². The van der Waals surface area contributed by atoms with Gasteiger partial charge in [0.25, 0.3) is 0 Å². The summed E-state index contributed by atoms with van der Waals surface area (Å²) in [6.07, 6.45) is 2.21. The van der Waals surface area contributed by atoms with Crippen LogP contribution in [-0.2, 0) is 16.1 Å². The summed E-state index contributed by atoms with van der Waals surface area (Å²) in [5.74, 6) is 0.0734. The lowest BCUT2D eigenvalue weighted by atomic mass is 10.3. The number of amides is 1. The van der Waals surface area contributed by atoms with Crippen molar-refractivity contribution in [2.24, 2.45) is 0 Å². The van der Waals surface area contributed by atoms with Crippen LogP contribution in [-0.4, -0.2) is 60.0 Å². The third-order valence-electron chi connectivity index (χ3n) is 3.45. The molecule has 1 N–H and O–H groups in total. The van der Waals surface area contributed by atoms with Crippen molar-refractivity contribution < 1.29 is 9.53 Å². The van der Waals surface area contributed by atoms with E-state index in [1.165, 1.54) is 0 Å². The highest BCUT2D eigenvalue weighted by molar-refractivity contribution is 9.10. The Hall–Kier alpha value is -0.920. The zero-order valence-corrected chi connectivity index (χ0v) is 13.4. The lowest BCUT2D eigenvalue weighted by molar-refractivity contribution is -0.121. The monoisotopic (exact) mass is 344 g/mol. The summed E-state index contributed by atoms with van der Waals surface area (Å²) in [6.45, 7) is 7.67. The molecule has 0 aromatic carbocycles. The van der Waals surface area contributed by atoms with Crippen molar-refractivity contribution in [3.05, 3.63) is 16.4 Å². The first-order chi connectivity index (χ1) is 9.66. The smallest absolute Gasteiger partial charge is 0.221 e. The summed E-state index contributed by atoms with van der Waals surface area (Å²) in [4.78, 5) is 14.1. The number of nitrogens with zero attached hydrogens (tertiary/aromatic N) is 3. The van der Waals surface area contributed by atoms with Crippen molar-refractivity contribution in [1.82, 2.24) is 20.0 Å². The fraction of sp³-hybridized carbons (Fsp3) is 0.692. The van der Waals surface area contributed by atoms with Crippen molar-refractivity contribution in [3.63, 3.8) is 0 Å². The predicted molar refractivity (Wildman–Crippen MR) is 79.5 cm³/mol. The van der Waals surface area contributed by atoms with Crippen molar-refractivity contribution >= 4 is 21.8 Å². The van der Waals surface area contributed by atoms with Gasteiger partial charge in [-0.2, -0.15) is 5.10 Å². The second-order valence-corrected chi connectivity index (χ2v) is 5.71. The summed E-state index contributed by atoms with van der Waals surface area (Å²) in [7, 11) is 0. The Morgan fingerprint density at radius 3 is 2.85 bits per heavy atom. The molecule has 0 saturated carbocycles. The van der Waals surface area contributed by atoms with Crippen molar-refractivity contribution in [3.8, 4) is 0 Å². The molecule has 1 fully saturated rings. The van der Waals surface area contributed by atoms with Crippen molar-refractivity contribution in [1.29, 1.82) is 0 Å². The summed E-state index contributed by atoms with van der Waals surface area (Å²) in [6, 6.07) is 0. The van der Waals surface area contributed by atoms with Crippen LogP contribution >= 0.6 is 15.9 Å². The van der Waals surface area contributed by atoms with Gasteiger partial charge in [-0.25, -0.2) is 0 Å². The molecule has 1 amide bonds. The molecule has 6 nitrogen and oxygen atoms in total. The number of hydrogen-bond donors (Lipinski definition) is 1. The number of hydrogen-bond acceptors (Lipinski definition) is 4. The largest absolute Gasteiger partial charge is 0.379 e. The van der Waals surface area contributed by atoms with E-state index in [1.807, 2.05) is 11.6 Å². The minimum Gasteiger partial charge on any atom is -0.379 e. The predicted octanol–water partition coefficient (Wildman–Crippen LogP) is 0.793. The Morgan fingerprint density at radius 1 is 1.45 bits per heavy atom. The second kappa shape index (κ2) is 7.75. The number of carbonyl (C=O) groups excluding carboxylic acids is 1. The molecule has 7 heteroatoms. The van der Waals surface area contributed by atoms with Crippen LogP contribution in [0.2, 0.25) is 0 Å². The van der Waals surface area contributed by atoms with Gasteiger partial charge in [0.05, 0.1) is 23.9 Å². The van der Waals surface area contributed by atoms with E-state index in [4.69, 9.17) is 4.74 Å². The minimum atomic E-state index is 0.0734. The molecule has 112 valence electrons. The Bertz CT molecular complexity index is 444. The first-order valence-corrected chi connectivity index (χ1v) is 7.71. The van der Waals surface area contributed by atoms with E-state index in [9.17, 15) is 4.79 Å². The molecule has 0 atom stereocenters. The molecular weight excluding hydrogens is 324 g/mol. The quantitative estimate of drug-likeness (QED) is 0.828. The second-order valence-electron chi connectivity index (χ2n) is 4.86. The molecule has 2 heterocycles. The van der Waals surface area contributed by atoms with Gasteiger partial charge < -0.3 is 10.1 Å². The lowest BCUT2D eigenvalue weighted by Crippen LogP contribution is -2.41.